The van der Waals surface area contributed by atoms with E-state index in [1.807, 2.05) is 60.7 Å². The fourth-order valence-electron chi connectivity index (χ4n) is 5.96. The number of pyridine rings is 1. The lowest BCUT2D eigenvalue weighted by molar-refractivity contribution is -0.116. The number of hydrogen-bond acceptors (Lipinski definition) is 7. The number of phenols is 1. The predicted molar refractivity (Wildman–Crippen MR) is 186 cm³/mol. The molecule has 0 unspecified atom stereocenters. The first kappa shape index (κ1) is 32.6. The number of phenolic OH excluding ortho intramolecular Hbond substituents is 1. The van der Waals surface area contributed by atoms with E-state index in [1.165, 1.54) is 12.2 Å². The average Bonchev–Trinajstić information content (AvgIpc) is 3.13. The predicted octanol–water partition coefficient (Wildman–Crippen LogP) is 6.65. The summed E-state index contributed by atoms with van der Waals surface area (Å²) < 4.78 is 12.5. The van der Waals surface area contributed by atoms with Gasteiger partial charge in [0.2, 0.25) is 5.91 Å². The monoisotopic (exact) mass is 641 g/mol. The number of ketones is 1. The quantitative estimate of drug-likeness (QED) is 0.110. The molecule has 0 radical (unpaired) electrons. The number of aromatic nitrogens is 1. The molecule has 1 saturated heterocycles. The van der Waals surface area contributed by atoms with Crippen LogP contribution in [0.15, 0.2) is 128 Å². The Morgan fingerprint density at radius 3 is 2.27 bits per heavy atom. The molecule has 0 bridgehead atoms. The number of carbonyl (C=O) groups excluding carboxylic acids is 2. The standard InChI is InChI=1S/C40H39N3O5/c44-36(34-16-9-14-31-26-37(45)38(27-35(31)34)47-28-32-15-7-8-21-41-32)17-18-39(46)42-22-25-43-23-19-33(20-24-43)48-40(29-10-3-1-4-11-29)30-12-5-2-6-13-30/h1-18,21,26-27,33,40,45H,19-20,22-25,28H2,(H,42,46)/b18-17+. The fourth-order valence-corrected chi connectivity index (χ4v) is 5.96. The molecule has 0 spiro atoms. The minimum atomic E-state index is -0.326. The van der Waals surface area contributed by atoms with Crippen molar-refractivity contribution in [1.29, 1.82) is 0 Å². The van der Waals surface area contributed by atoms with Gasteiger partial charge in [-0.2, -0.15) is 0 Å². The molecular weight excluding hydrogens is 602 g/mol. The first-order valence-electron chi connectivity index (χ1n) is 16.3. The number of piperidine rings is 1. The van der Waals surface area contributed by atoms with Crippen molar-refractivity contribution in [2.24, 2.45) is 0 Å². The molecule has 2 heterocycles. The van der Waals surface area contributed by atoms with Gasteiger partial charge >= 0.3 is 0 Å². The second-order valence-electron chi connectivity index (χ2n) is 11.8. The maximum Gasteiger partial charge on any atom is 0.244 e. The molecule has 1 aromatic heterocycles. The molecule has 0 atom stereocenters. The number of ether oxygens (including phenoxy) is 2. The summed E-state index contributed by atoms with van der Waals surface area (Å²) in [6, 6.07) is 34.6. The topological polar surface area (TPSA) is 101 Å². The first-order valence-corrected chi connectivity index (χ1v) is 16.3. The number of nitrogens with zero attached hydrogens (tertiary/aromatic N) is 2. The Morgan fingerprint density at radius 1 is 0.875 bits per heavy atom. The van der Waals surface area contributed by atoms with Gasteiger partial charge in [0, 0.05) is 44.0 Å². The summed E-state index contributed by atoms with van der Waals surface area (Å²) in [7, 11) is 0. The van der Waals surface area contributed by atoms with Crippen LogP contribution in [0.3, 0.4) is 0 Å². The third-order valence-electron chi connectivity index (χ3n) is 8.51. The fraction of sp³-hybridized carbons (Fsp3) is 0.225. The highest BCUT2D eigenvalue weighted by Gasteiger charge is 2.24. The van der Waals surface area contributed by atoms with E-state index >= 15 is 0 Å². The number of benzene rings is 4. The van der Waals surface area contributed by atoms with Crippen LogP contribution in [-0.2, 0) is 16.1 Å². The molecular formula is C40H39N3O5. The molecule has 8 nitrogen and oxygen atoms in total. The van der Waals surface area contributed by atoms with Gasteiger partial charge in [-0.15, -0.1) is 0 Å². The summed E-state index contributed by atoms with van der Waals surface area (Å²) in [5.41, 5.74) is 3.42. The van der Waals surface area contributed by atoms with Crippen molar-refractivity contribution in [1.82, 2.24) is 15.2 Å². The van der Waals surface area contributed by atoms with Crippen LogP contribution in [-0.4, -0.2) is 59.0 Å². The van der Waals surface area contributed by atoms with Crippen molar-refractivity contribution < 1.29 is 24.2 Å². The zero-order valence-electron chi connectivity index (χ0n) is 26.7. The third kappa shape index (κ3) is 8.53. The maximum atomic E-state index is 13.1. The van der Waals surface area contributed by atoms with Crippen LogP contribution >= 0.6 is 0 Å². The van der Waals surface area contributed by atoms with E-state index in [2.05, 4.69) is 39.5 Å². The van der Waals surface area contributed by atoms with Crippen LogP contribution in [0.2, 0.25) is 0 Å². The number of amides is 1. The van der Waals surface area contributed by atoms with E-state index in [0.717, 1.165) is 43.6 Å². The highest BCUT2D eigenvalue weighted by atomic mass is 16.5. The van der Waals surface area contributed by atoms with Crippen molar-refractivity contribution in [3.8, 4) is 11.5 Å². The Hall–Kier alpha value is -5.31. The third-order valence-corrected chi connectivity index (χ3v) is 8.51. The molecule has 1 fully saturated rings. The molecule has 0 saturated carbocycles. The SMILES string of the molecule is O=C(/C=C/C(=O)c1cccc2cc(O)c(OCc3ccccn3)cc12)NCCN1CCC(OC(c2ccccc2)c2ccccc2)CC1. The zero-order chi connectivity index (χ0) is 33.1. The highest BCUT2D eigenvalue weighted by Crippen LogP contribution is 2.34. The van der Waals surface area contributed by atoms with Crippen molar-refractivity contribution in [3.05, 3.63) is 150 Å². The normalized spacial score (nSPS) is 14.0. The van der Waals surface area contributed by atoms with Gasteiger partial charge in [0.05, 0.1) is 11.8 Å². The molecule has 8 heteroatoms. The van der Waals surface area contributed by atoms with Crippen LogP contribution in [0.4, 0.5) is 0 Å². The van der Waals surface area contributed by atoms with Crippen LogP contribution < -0.4 is 10.1 Å². The average molecular weight is 642 g/mol. The van der Waals surface area contributed by atoms with Gasteiger partial charge in [-0.1, -0.05) is 84.9 Å². The van der Waals surface area contributed by atoms with Gasteiger partial charge in [-0.25, -0.2) is 0 Å². The lowest BCUT2D eigenvalue weighted by Gasteiger charge is -2.34. The van der Waals surface area contributed by atoms with E-state index in [9.17, 15) is 14.7 Å². The summed E-state index contributed by atoms with van der Waals surface area (Å²) >= 11 is 0. The Morgan fingerprint density at radius 2 is 1.58 bits per heavy atom. The lowest BCUT2D eigenvalue weighted by atomic mass is 10.00. The molecule has 2 N–H and O–H groups in total. The summed E-state index contributed by atoms with van der Waals surface area (Å²) in [4.78, 5) is 32.3. The van der Waals surface area contributed by atoms with Crippen molar-refractivity contribution in [2.75, 3.05) is 26.2 Å². The highest BCUT2D eigenvalue weighted by molar-refractivity contribution is 6.15. The van der Waals surface area contributed by atoms with Crippen LogP contribution in [0, 0.1) is 0 Å². The lowest BCUT2D eigenvalue weighted by Crippen LogP contribution is -2.41. The molecule has 5 aromatic rings. The van der Waals surface area contributed by atoms with Crippen molar-refractivity contribution >= 4 is 22.5 Å². The minimum absolute atomic E-state index is 0.0294. The zero-order valence-corrected chi connectivity index (χ0v) is 26.7. The largest absolute Gasteiger partial charge is 0.504 e. The smallest absolute Gasteiger partial charge is 0.244 e. The summed E-state index contributed by atoms with van der Waals surface area (Å²) in [5, 5.41) is 14.7. The Kier molecular flexibility index (Phi) is 10.9. The number of likely N-dealkylation sites (tertiary alicyclic amines) is 1. The van der Waals surface area contributed by atoms with Gasteiger partial charge in [0.15, 0.2) is 17.3 Å². The first-order chi connectivity index (χ1) is 23.5. The van der Waals surface area contributed by atoms with E-state index in [-0.39, 0.29) is 42.0 Å². The Labute approximate surface area is 280 Å². The second kappa shape index (κ2) is 16.0. The summed E-state index contributed by atoms with van der Waals surface area (Å²) in [5.74, 6) is -0.424. The number of carbonyl (C=O) groups is 2. The Bertz CT molecular complexity index is 1800. The van der Waals surface area contributed by atoms with Gasteiger partial charge < -0.3 is 24.8 Å². The van der Waals surface area contributed by atoms with E-state index in [4.69, 9.17) is 9.47 Å². The maximum absolute atomic E-state index is 13.1. The second-order valence-corrected chi connectivity index (χ2v) is 11.8. The van der Waals surface area contributed by atoms with E-state index in [0.29, 0.717) is 28.6 Å². The number of rotatable bonds is 13. The van der Waals surface area contributed by atoms with E-state index in [1.54, 1.807) is 30.5 Å². The number of aromatic hydroxyl groups is 1. The number of hydrogen-bond donors (Lipinski definition) is 2. The Balaban J connectivity index is 0.980. The van der Waals surface area contributed by atoms with Gasteiger partial charge in [0.1, 0.15) is 12.7 Å². The van der Waals surface area contributed by atoms with Gasteiger partial charge in [-0.3, -0.25) is 14.6 Å². The molecule has 1 aliphatic heterocycles. The molecule has 1 aliphatic rings. The molecule has 1 amide bonds. The molecule has 244 valence electrons. The summed E-state index contributed by atoms with van der Waals surface area (Å²) in [6.07, 6.45) is 6.10. The van der Waals surface area contributed by atoms with E-state index < -0.39 is 0 Å². The number of nitrogens with one attached hydrogen (secondary N) is 1. The molecule has 6 rings (SSSR count). The van der Waals surface area contributed by atoms with Gasteiger partial charge in [-0.05, 0) is 65.1 Å². The minimum Gasteiger partial charge on any atom is -0.504 e. The number of fused-ring (bicyclic) bond motifs is 1. The summed E-state index contributed by atoms with van der Waals surface area (Å²) in [6.45, 7) is 3.13. The van der Waals surface area contributed by atoms with Crippen molar-refractivity contribution in [3.63, 3.8) is 0 Å². The number of allylic oxidation sites excluding steroid dienone is 1. The molecule has 4 aromatic carbocycles. The van der Waals surface area contributed by atoms with Gasteiger partial charge in [0.25, 0.3) is 0 Å². The van der Waals surface area contributed by atoms with Crippen LogP contribution in [0.25, 0.3) is 10.8 Å². The molecule has 48 heavy (non-hydrogen) atoms. The van der Waals surface area contributed by atoms with Crippen molar-refractivity contribution in [2.45, 2.75) is 31.7 Å². The molecule has 0 aliphatic carbocycles. The van der Waals surface area contributed by atoms with Crippen LogP contribution in [0.5, 0.6) is 11.5 Å². The van der Waals surface area contributed by atoms with Crippen LogP contribution in [0.1, 0.15) is 46.1 Å².